The summed E-state index contributed by atoms with van der Waals surface area (Å²) in [7, 11) is 0. The summed E-state index contributed by atoms with van der Waals surface area (Å²) in [5, 5.41) is 8.94. The SMILES string of the molecule is N#Cc1ccc(-c2nc3c4c(ccc3[nH]2)C(=O)[C@@H]2C=CC=C[C@@H]2C4=O)cc1. The van der Waals surface area contributed by atoms with Crippen LogP contribution in [0.2, 0.25) is 0 Å². The van der Waals surface area contributed by atoms with Gasteiger partial charge in [0.15, 0.2) is 11.6 Å². The van der Waals surface area contributed by atoms with Crippen molar-refractivity contribution in [2.45, 2.75) is 0 Å². The molecule has 0 bridgehead atoms. The fraction of sp³-hybridized carbons (Fsp3) is 0.0909. The number of imidazole rings is 1. The number of nitrogens with one attached hydrogen (secondary N) is 1. The van der Waals surface area contributed by atoms with E-state index in [0.29, 0.717) is 33.5 Å². The molecule has 2 aliphatic rings. The molecule has 0 saturated carbocycles. The zero-order chi connectivity index (χ0) is 18.5. The lowest BCUT2D eigenvalue weighted by Crippen LogP contribution is -2.35. The number of fused-ring (bicyclic) bond motifs is 4. The number of Topliss-reactive ketones (excluding diaryl/α,β-unsaturated/α-hetero) is 2. The molecule has 2 aliphatic carbocycles. The first-order valence-electron chi connectivity index (χ1n) is 8.64. The van der Waals surface area contributed by atoms with Gasteiger partial charge in [-0.1, -0.05) is 24.3 Å². The molecule has 0 amide bonds. The molecular weight excluding hydrogens is 338 g/mol. The van der Waals surface area contributed by atoms with Gasteiger partial charge in [-0.15, -0.1) is 0 Å². The molecule has 2 aromatic carbocycles. The van der Waals surface area contributed by atoms with Crippen molar-refractivity contribution in [2.75, 3.05) is 0 Å². The van der Waals surface area contributed by atoms with Crippen LogP contribution in [-0.4, -0.2) is 21.5 Å². The first-order valence-corrected chi connectivity index (χ1v) is 8.64. The van der Waals surface area contributed by atoms with Gasteiger partial charge in [-0.2, -0.15) is 5.26 Å². The largest absolute Gasteiger partial charge is 0.338 e. The molecule has 27 heavy (non-hydrogen) atoms. The Hall–Kier alpha value is -3.78. The minimum Gasteiger partial charge on any atom is -0.338 e. The number of ketones is 2. The fourth-order valence-electron chi connectivity index (χ4n) is 3.82. The second kappa shape index (κ2) is 5.61. The highest BCUT2D eigenvalue weighted by Gasteiger charge is 2.40. The van der Waals surface area contributed by atoms with Crippen molar-refractivity contribution >= 4 is 22.6 Å². The molecule has 3 aromatic rings. The number of hydrogen-bond donors (Lipinski definition) is 1. The third-order valence-corrected chi connectivity index (χ3v) is 5.19. The van der Waals surface area contributed by atoms with Gasteiger partial charge >= 0.3 is 0 Å². The number of carbonyl (C=O) groups is 2. The van der Waals surface area contributed by atoms with Gasteiger partial charge in [0.2, 0.25) is 0 Å². The van der Waals surface area contributed by atoms with Crippen LogP contribution in [0.15, 0.2) is 60.7 Å². The van der Waals surface area contributed by atoms with E-state index in [9.17, 15) is 9.59 Å². The lowest BCUT2D eigenvalue weighted by atomic mass is 9.72. The Morgan fingerprint density at radius 1 is 0.926 bits per heavy atom. The molecule has 0 fully saturated rings. The first kappa shape index (κ1) is 15.5. The minimum atomic E-state index is -0.462. The van der Waals surface area contributed by atoms with E-state index in [4.69, 9.17) is 5.26 Å². The number of carbonyl (C=O) groups excluding carboxylic acids is 2. The molecule has 0 aliphatic heterocycles. The lowest BCUT2D eigenvalue weighted by Gasteiger charge is -2.28. The number of H-pyrrole nitrogens is 1. The topological polar surface area (TPSA) is 86.6 Å². The van der Waals surface area contributed by atoms with Gasteiger partial charge in [-0.05, 0) is 36.4 Å². The molecule has 0 spiro atoms. The van der Waals surface area contributed by atoms with Crippen molar-refractivity contribution in [1.82, 2.24) is 9.97 Å². The number of nitrogens with zero attached hydrogens (tertiary/aromatic N) is 2. The number of rotatable bonds is 1. The Balaban J connectivity index is 1.69. The summed E-state index contributed by atoms with van der Waals surface area (Å²) in [5.41, 5.74) is 3.44. The van der Waals surface area contributed by atoms with Crippen LogP contribution in [0.1, 0.15) is 26.3 Å². The molecule has 2 atom stereocenters. The summed E-state index contributed by atoms with van der Waals surface area (Å²) in [6, 6.07) is 12.6. The molecule has 5 rings (SSSR count). The number of aromatic nitrogens is 2. The summed E-state index contributed by atoms with van der Waals surface area (Å²) in [5.74, 6) is -0.400. The summed E-state index contributed by atoms with van der Waals surface area (Å²) < 4.78 is 0. The van der Waals surface area contributed by atoms with Crippen molar-refractivity contribution in [1.29, 1.82) is 5.26 Å². The molecule has 1 N–H and O–H groups in total. The van der Waals surface area contributed by atoms with Gasteiger partial charge in [-0.3, -0.25) is 9.59 Å². The zero-order valence-electron chi connectivity index (χ0n) is 14.1. The van der Waals surface area contributed by atoms with Gasteiger partial charge in [0.25, 0.3) is 0 Å². The summed E-state index contributed by atoms with van der Waals surface area (Å²) in [6.45, 7) is 0. The van der Waals surface area contributed by atoms with E-state index in [-0.39, 0.29) is 11.6 Å². The van der Waals surface area contributed by atoms with Gasteiger partial charge in [-0.25, -0.2) is 4.98 Å². The van der Waals surface area contributed by atoms with Crippen LogP contribution in [-0.2, 0) is 0 Å². The van der Waals surface area contributed by atoms with Gasteiger partial charge < -0.3 is 4.98 Å². The van der Waals surface area contributed by atoms with Gasteiger partial charge in [0, 0.05) is 11.1 Å². The molecular formula is C22H13N3O2. The summed E-state index contributed by atoms with van der Waals surface area (Å²) >= 11 is 0. The Morgan fingerprint density at radius 3 is 2.33 bits per heavy atom. The first-order chi connectivity index (χ1) is 13.2. The van der Waals surface area contributed by atoms with Gasteiger partial charge in [0.05, 0.1) is 34.5 Å². The Morgan fingerprint density at radius 2 is 1.63 bits per heavy atom. The van der Waals surface area contributed by atoms with E-state index < -0.39 is 11.8 Å². The summed E-state index contributed by atoms with van der Waals surface area (Å²) in [4.78, 5) is 33.8. The lowest BCUT2D eigenvalue weighted by molar-refractivity contribution is 0.0803. The zero-order valence-corrected chi connectivity index (χ0v) is 14.1. The number of aromatic amines is 1. The number of nitriles is 1. The van der Waals surface area contributed by atoms with Crippen LogP contribution in [0, 0.1) is 23.2 Å². The average molecular weight is 351 g/mol. The highest BCUT2D eigenvalue weighted by molar-refractivity contribution is 6.22. The summed E-state index contributed by atoms with van der Waals surface area (Å²) in [6.07, 6.45) is 7.21. The van der Waals surface area contributed by atoms with Crippen LogP contribution in [0.25, 0.3) is 22.4 Å². The predicted octanol–water partition coefficient (Wildman–Crippen LogP) is 3.84. The molecule has 5 nitrogen and oxygen atoms in total. The second-order valence-corrected chi connectivity index (χ2v) is 6.71. The van der Waals surface area contributed by atoms with Crippen molar-refractivity contribution in [3.05, 3.63) is 77.4 Å². The van der Waals surface area contributed by atoms with Crippen LogP contribution in [0.4, 0.5) is 0 Å². The van der Waals surface area contributed by atoms with Crippen LogP contribution in [0.3, 0.4) is 0 Å². The van der Waals surface area contributed by atoms with Crippen molar-refractivity contribution in [3.63, 3.8) is 0 Å². The fourth-order valence-corrected chi connectivity index (χ4v) is 3.82. The smallest absolute Gasteiger partial charge is 0.173 e. The Bertz CT molecular complexity index is 1220. The van der Waals surface area contributed by atoms with E-state index in [1.165, 1.54) is 0 Å². The van der Waals surface area contributed by atoms with E-state index >= 15 is 0 Å². The Kier molecular flexibility index (Phi) is 3.22. The molecule has 0 radical (unpaired) electrons. The second-order valence-electron chi connectivity index (χ2n) is 6.71. The maximum absolute atomic E-state index is 13.1. The van der Waals surface area contributed by atoms with E-state index in [1.807, 2.05) is 12.2 Å². The number of hydrogen-bond acceptors (Lipinski definition) is 4. The van der Waals surface area contributed by atoms with Crippen LogP contribution in [0.5, 0.6) is 0 Å². The monoisotopic (exact) mass is 351 g/mol. The third kappa shape index (κ3) is 2.20. The molecule has 5 heteroatoms. The molecule has 128 valence electrons. The molecule has 1 aromatic heterocycles. The van der Waals surface area contributed by atoms with Crippen molar-refractivity contribution < 1.29 is 9.59 Å². The average Bonchev–Trinajstić information content (AvgIpc) is 3.16. The predicted molar refractivity (Wildman–Crippen MR) is 100 cm³/mol. The van der Waals surface area contributed by atoms with Crippen LogP contribution < -0.4 is 0 Å². The van der Waals surface area contributed by atoms with Crippen molar-refractivity contribution in [2.24, 2.45) is 11.8 Å². The molecule has 0 unspecified atom stereocenters. The molecule has 0 saturated heterocycles. The highest BCUT2D eigenvalue weighted by atomic mass is 16.1. The van der Waals surface area contributed by atoms with Crippen LogP contribution >= 0.6 is 0 Å². The Labute approximate surface area is 154 Å². The quantitative estimate of drug-likeness (QED) is 0.722. The normalized spacial score (nSPS) is 20.4. The van der Waals surface area contributed by atoms with E-state index in [0.717, 1.165) is 5.56 Å². The van der Waals surface area contributed by atoms with E-state index in [1.54, 1.807) is 48.6 Å². The molecule has 1 heterocycles. The van der Waals surface area contributed by atoms with Crippen molar-refractivity contribution in [3.8, 4) is 17.5 Å². The standard InChI is InChI=1S/C22H13N3O2/c23-11-12-5-7-13(8-6-12)22-24-17-10-9-16-18(19(17)25-22)21(27)15-4-2-1-3-14(15)20(16)26/h1-10,14-15H,(H,24,25)/t14-,15+/m1/s1. The maximum Gasteiger partial charge on any atom is 0.173 e. The van der Waals surface area contributed by atoms with Gasteiger partial charge in [0.1, 0.15) is 11.3 Å². The third-order valence-electron chi connectivity index (χ3n) is 5.19. The highest BCUT2D eigenvalue weighted by Crippen LogP contribution is 2.37. The minimum absolute atomic E-state index is 0.0416. The van der Waals surface area contributed by atoms with E-state index in [2.05, 4.69) is 16.0 Å². The number of allylic oxidation sites excluding steroid dienone is 4. The number of benzene rings is 2. The maximum atomic E-state index is 13.1.